The predicted octanol–water partition coefficient (Wildman–Crippen LogP) is 5.78. The van der Waals surface area contributed by atoms with Gasteiger partial charge in [-0.15, -0.1) is 0 Å². The molecule has 0 spiro atoms. The van der Waals surface area contributed by atoms with Gasteiger partial charge < -0.3 is 23.7 Å². The Bertz CT molecular complexity index is 1300. The van der Waals surface area contributed by atoms with E-state index >= 15 is 0 Å². The molecule has 0 radical (unpaired) electrons. The Labute approximate surface area is 257 Å². The monoisotopic (exact) mass is 614 g/mol. The largest absolute Gasteiger partial charge is 0.463 e. The van der Waals surface area contributed by atoms with Gasteiger partial charge in [0, 0.05) is 32.7 Å². The van der Waals surface area contributed by atoms with E-state index in [4.69, 9.17) is 35.3 Å². The Balaban J connectivity index is 1.66. The number of hydrogen-bond acceptors (Lipinski definition) is 9. The SMILES string of the molecule is CC(=O)OC[C@H]1OC(c2ccc(Cl)c(Cc3ccc(C4CCCCC4)cc3)c2)[C@H](OC(C)=O)[C@@H](OC(C)=O)[C@@H]1OC(C)=O. The quantitative estimate of drug-likeness (QED) is 0.256. The van der Waals surface area contributed by atoms with Gasteiger partial charge in [-0.1, -0.05) is 67.3 Å². The molecule has 10 heteroatoms. The van der Waals surface area contributed by atoms with Crippen LogP contribution in [0.25, 0.3) is 0 Å². The highest BCUT2D eigenvalue weighted by atomic mass is 35.5. The first kappa shape index (κ1) is 32.5. The van der Waals surface area contributed by atoms with Crippen LogP contribution in [-0.4, -0.2) is 54.9 Å². The van der Waals surface area contributed by atoms with Crippen LogP contribution in [0.4, 0.5) is 0 Å². The molecular weight excluding hydrogens is 576 g/mol. The first-order chi connectivity index (χ1) is 20.5. The normalized spacial score (nSPS) is 24.1. The molecule has 0 aromatic heterocycles. The van der Waals surface area contributed by atoms with Crippen LogP contribution in [0.3, 0.4) is 0 Å². The van der Waals surface area contributed by atoms with Crippen molar-refractivity contribution in [3.05, 3.63) is 69.7 Å². The summed E-state index contributed by atoms with van der Waals surface area (Å²) in [4.78, 5) is 48.1. The van der Waals surface area contributed by atoms with Gasteiger partial charge in [0.05, 0.1) is 0 Å². The third kappa shape index (κ3) is 8.80. The molecule has 232 valence electrons. The average Bonchev–Trinajstić information content (AvgIpc) is 2.95. The van der Waals surface area contributed by atoms with E-state index in [2.05, 4.69) is 24.3 Å². The van der Waals surface area contributed by atoms with Gasteiger partial charge >= 0.3 is 23.9 Å². The lowest BCUT2D eigenvalue weighted by atomic mass is 9.83. The van der Waals surface area contributed by atoms with Crippen molar-refractivity contribution in [2.75, 3.05) is 6.61 Å². The molecule has 1 saturated carbocycles. The van der Waals surface area contributed by atoms with Crippen LogP contribution in [0.1, 0.15) is 94.1 Å². The van der Waals surface area contributed by atoms with Crippen molar-refractivity contribution >= 4 is 35.5 Å². The third-order valence-electron chi connectivity index (χ3n) is 7.84. The number of carbonyl (C=O) groups is 4. The Morgan fingerprint density at radius 2 is 1.33 bits per heavy atom. The van der Waals surface area contributed by atoms with Gasteiger partial charge in [0.2, 0.25) is 0 Å². The summed E-state index contributed by atoms with van der Waals surface area (Å²) in [7, 11) is 0. The molecule has 0 N–H and O–H groups in total. The molecule has 5 atom stereocenters. The zero-order valence-corrected chi connectivity index (χ0v) is 25.8. The zero-order chi connectivity index (χ0) is 31.1. The van der Waals surface area contributed by atoms with Gasteiger partial charge in [-0.25, -0.2) is 0 Å². The lowest BCUT2D eigenvalue weighted by molar-refractivity contribution is -0.254. The lowest BCUT2D eigenvalue weighted by Crippen LogP contribution is -2.59. The summed E-state index contributed by atoms with van der Waals surface area (Å²) in [6.07, 6.45) is 1.22. The summed E-state index contributed by atoms with van der Waals surface area (Å²) in [5, 5.41) is 0.547. The van der Waals surface area contributed by atoms with Crippen LogP contribution in [0, 0.1) is 0 Å². The number of hydrogen-bond donors (Lipinski definition) is 0. The minimum atomic E-state index is -1.24. The molecule has 2 aromatic rings. The molecule has 1 saturated heterocycles. The number of rotatable bonds is 9. The molecule has 43 heavy (non-hydrogen) atoms. The fourth-order valence-corrected chi connectivity index (χ4v) is 6.15. The highest BCUT2D eigenvalue weighted by molar-refractivity contribution is 6.31. The number of ether oxygens (including phenoxy) is 5. The maximum atomic E-state index is 12.2. The van der Waals surface area contributed by atoms with E-state index in [1.54, 1.807) is 12.1 Å². The van der Waals surface area contributed by atoms with E-state index < -0.39 is 54.4 Å². The number of benzene rings is 2. The zero-order valence-electron chi connectivity index (χ0n) is 25.0. The Hall–Kier alpha value is -3.43. The van der Waals surface area contributed by atoms with Crippen LogP contribution in [0.5, 0.6) is 0 Å². The molecule has 4 rings (SSSR count). The van der Waals surface area contributed by atoms with Gasteiger partial charge in [-0.2, -0.15) is 0 Å². The van der Waals surface area contributed by atoms with Crippen molar-refractivity contribution in [1.29, 1.82) is 0 Å². The molecule has 1 aliphatic heterocycles. The van der Waals surface area contributed by atoms with Crippen LogP contribution in [-0.2, 0) is 49.3 Å². The van der Waals surface area contributed by atoms with Crippen LogP contribution in [0.15, 0.2) is 42.5 Å². The van der Waals surface area contributed by atoms with Crippen molar-refractivity contribution in [1.82, 2.24) is 0 Å². The molecule has 0 amide bonds. The maximum Gasteiger partial charge on any atom is 0.303 e. The molecule has 1 heterocycles. The van der Waals surface area contributed by atoms with Gasteiger partial charge in [0.25, 0.3) is 0 Å². The second-order valence-corrected chi connectivity index (χ2v) is 11.6. The van der Waals surface area contributed by atoms with E-state index in [-0.39, 0.29) is 6.61 Å². The van der Waals surface area contributed by atoms with Crippen molar-refractivity contribution in [2.45, 2.75) is 103 Å². The van der Waals surface area contributed by atoms with Crippen molar-refractivity contribution in [2.24, 2.45) is 0 Å². The van der Waals surface area contributed by atoms with Crippen molar-refractivity contribution in [3.8, 4) is 0 Å². The summed E-state index contributed by atoms with van der Waals surface area (Å²) in [5.41, 5.74) is 3.86. The van der Waals surface area contributed by atoms with Gasteiger partial charge in [-0.05, 0) is 53.5 Å². The summed E-state index contributed by atoms with van der Waals surface area (Å²) in [6, 6.07) is 14.0. The minimum Gasteiger partial charge on any atom is -0.463 e. The molecule has 2 aliphatic rings. The number of esters is 4. The Morgan fingerprint density at radius 1 is 0.744 bits per heavy atom. The molecule has 0 bridgehead atoms. The topological polar surface area (TPSA) is 114 Å². The van der Waals surface area contributed by atoms with Crippen LogP contribution < -0.4 is 0 Å². The molecule has 2 aromatic carbocycles. The molecule has 1 unspecified atom stereocenters. The van der Waals surface area contributed by atoms with E-state index in [0.29, 0.717) is 22.9 Å². The summed E-state index contributed by atoms with van der Waals surface area (Å²) in [5.74, 6) is -1.97. The second kappa shape index (κ2) is 14.8. The fourth-order valence-electron chi connectivity index (χ4n) is 5.97. The van der Waals surface area contributed by atoms with E-state index in [9.17, 15) is 19.2 Å². The number of halogens is 1. The Kier molecular flexibility index (Phi) is 11.2. The van der Waals surface area contributed by atoms with Gasteiger partial charge in [-0.3, -0.25) is 19.2 Å². The highest BCUT2D eigenvalue weighted by Crippen LogP contribution is 2.39. The molecule has 9 nitrogen and oxygen atoms in total. The Morgan fingerprint density at radius 3 is 1.93 bits per heavy atom. The maximum absolute atomic E-state index is 12.2. The van der Waals surface area contributed by atoms with E-state index in [1.807, 2.05) is 6.07 Å². The van der Waals surface area contributed by atoms with E-state index in [1.165, 1.54) is 65.4 Å². The standard InChI is InChI=1S/C33H39ClO9/c1-19(35)39-18-29-31(40-20(2)36)33(42-22(4)38)32(41-21(3)37)30(43-29)26-14-15-28(34)27(17-26)16-23-10-12-25(13-11-23)24-8-6-5-7-9-24/h10-15,17,24,29-33H,5-9,16,18H2,1-4H3/t29-,30?,31-,32+,33+/m1/s1. The molecule has 2 fully saturated rings. The van der Waals surface area contributed by atoms with Gasteiger partial charge in [0.1, 0.15) is 18.8 Å². The number of carbonyl (C=O) groups excluding carboxylic acids is 4. The summed E-state index contributed by atoms with van der Waals surface area (Å²) in [6.45, 7) is 4.55. The smallest absolute Gasteiger partial charge is 0.303 e. The first-order valence-corrected chi connectivity index (χ1v) is 15.1. The third-order valence-corrected chi connectivity index (χ3v) is 8.21. The highest BCUT2D eigenvalue weighted by Gasteiger charge is 2.52. The lowest BCUT2D eigenvalue weighted by Gasteiger charge is -2.44. The first-order valence-electron chi connectivity index (χ1n) is 14.7. The summed E-state index contributed by atoms with van der Waals surface area (Å²) >= 11 is 6.64. The average molecular weight is 615 g/mol. The minimum absolute atomic E-state index is 0.290. The fraction of sp³-hybridized carbons (Fsp3) is 0.515. The van der Waals surface area contributed by atoms with Gasteiger partial charge in [0.15, 0.2) is 18.3 Å². The van der Waals surface area contributed by atoms with E-state index in [0.717, 1.165) is 11.1 Å². The second-order valence-electron chi connectivity index (χ2n) is 11.2. The van der Waals surface area contributed by atoms with Crippen LogP contribution in [0.2, 0.25) is 5.02 Å². The van der Waals surface area contributed by atoms with Crippen molar-refractivity contribution < 1.29 is 42.9 Å². The van der Waals surface area contributed by atoms with Crippen molar-refractivity contribution in [3.63, 3.8) is 0 Å². The molecule has 1 aliphatic carbocycles. The van der Waals surface area contributed by atoms with Crippen LogP contribution >= 0.6 is 11.6 Å². The summed E-state index contributed by atoms with van der Waals surface area (Å²) < 4.78 is 28.2. The molecular formula is C33H39ClO9. The predicted molar refractivity (Wildman–Crippen MR) is 157 cm³/mol.